The molecule has 0 aliphatic carbocycles. The molecule has 1 aromatic heterocycles. The van der Waals surface area contributed by atoms with Gasteiger partial charge in [0.1, 0.15) is 11.6 Å². The summed E-state index contributed by atoms with van der Waals surface area (Å²) in [6.45, 7) is 3.67. The number of nitrogens with zero attached hydrogens (tertiary/aromatic N) is 2. The van der Waals surface area contributed by atoms with Crippen LogP contribution in [0.15, 0.2) is 28.7 Å². The zero-order valence-corrected chi connectivity index (χ0v) is 14.5. The highest BCUT2D eigenvalue weighted by Crippen LogP contribution is 2.31. The van der Waals surface area contributed by atoms with Crippen LogP contribution in [0.25, 0.3) is 0 Å². The Hall–Kier alpha value is -1.90. The van der Waals surface area contributed by atoms with E-state index >= 15 is 0 Å². The minimum Gasteiger partial charge on any atom is -0.352 e. The Morgan fingerprint density at radius 2 is 1.92 bits per heavy atom. The number of hydrogen-bond acceptors (Lipinski definition) is 4. The van der Waals surface area contributed by atoms with Crippen molar-refractivity contribution in [3.05, 3.63) is 40.2 Å². The summed E-state index contributed by atoms with van der Waals surface area (Å²) in [4.78, 5) is 7.46. The molecule has 130 valence electrons. The van der Waals surface area contributed by atoms with Gasteiger partial charge in [-0.1, -0.05) is 22.9 Å². The maximum absolute atomic E-state index is 13.9. The van der Waals surface area contributed by atoms with Crippen molar-refractivity contribution >= 4 is 33.4 Å². The van der Waals surface area contributed by atoms with Gasteiger partial charge in [0.05, 0.1) is 5.69 Å². The summed E-state index contributed by atoms with van der Waals surface area (Å²) in [6.07, 6.45) is -3.95. The number of alkyl halides is 3. The third kappa shape index (κ3) is 4.80. The Kier molecular flexibility index (Phi) is 5.63. The topological polar surface area (TPSA) is 49.8 Å². The highest BCUT2D eigenvalue weighted by atomic mass is 79.9. The zero-order valence-electron chi connectivity index (χ0n) is 12.9. The maximum Gasteiger partial charge on any atom is 0.433 e. The van der Waals surface area contributed by atoms with Gasteiger partial charge in [-0.3, -0.25) is 0 Å². The molecule has 1 heterocycles. The quantitative estimate of drug-likeness (QED) is 0.656. The van der Waals surface area contributed by atoms with Crippen molar-refractivity contribution in [2.24, 2.45) is 0 Å². The normalized spacial score (nSPS) is 12.8. The minimum absolute atomic E-state index is 0.0134. The van der Waals surface area contributed by atoms with Crippen LogP contribution in [0.4, 0.5) is 35.0 Å². The second-order valence-electron chi connectivity index (χ2n) is 5.16. The van der Waals surface area contributed by atoms with Crippen molar-refractivity contribution in [1.29, 1.82) is 0 Å². The fourth-order valence-corrected chi connectivity index (χ4v) is 2.11. The summed E-state index contributed by atoms with van der Waals surface area (Å²) in [5, 5.41) is 5.35. The van der Waals surface area contributed by atoms with Crippen LogP contribution in [0.5, 0.6) is 0 Å². The SMILES string of the molecule is CC[C@H](C)Nc1nc(Nc2ccc(Br)cc2F)cc(C(F)(F)F)n1. The summed E-state index contributed by atoms with van der Waals surface area (Å²) in [6, 6.07) is 4.80. The van der Waals surface area contributed by atoms with Gasteiger partial charge in [-0.2, -0.15) is 18.2 Å². The predicted octanol–water partition coefficient (Wildman–Crippen LogP) is 5.35. The fourth-order valence-electron chi connectivity index (χ4n) is 1.77. The molecular formula is C15H15BrF4N4. The Bertz CT molecular complexity index is 721. The van der Waals surface area contributed by atoms with Gasteiger partial charge in [0.25, 0.3) is 0 Å². The molecule has 0 aliphatic rings. The lowest BCUT2D eigenvalue weighted by molar-refractivity contribution is -0.141. The van der Waals surface area contributed by atoms with Gasteiger partial charge in [0, 0.05) is 16.6 Å². The average Bonchev–Trinajstić information content (AvgIpc) is 2.49. The van der Waals surface area contributed by atoms with E-state index in [1.165, 1.54) is 12.1 Å². The Labute approximate surface area is 144 Å². The lowest BCUT2D eigenvalue weighted by Crippen LogP contribution is -2.18. The summed E-state index contributed by atoms with van der Waals surface area (Å²) in [5.41, 5.74) is -1.09. The van der Waals surface area contributed by atoms with Crippen LogP contribution in [-0.4, -0.2) is 16.0 Å². The highest BCUT2D eigenvalue weighted by molar-refractivity contribution is 9.10. The Morgan fingerprint density at radius 1 is 1.21 bits per heavy atom. The van der Waals surface area contributed by atoms with Gasteiger partial charge >= 0.3 is 6.18 Å². The first-order valence-corrected chi connectivity index (χ1v) is 7.93. The summed E-state index contributed by atoms with van der Waals surface area (Å²) in [7, 11) is 0. The molecule has 0 amide bonds. The molecule has 9 heteroatoms. The number of hydrogen-bond donors (Lipinski definition) is 2. The van der Waals surface area contributed by atoms with Crippen LogP contribution in [-0.2, 0) is 6.18 Å². The molecule has 0 radical (unpaired) electrons. The van der Waals surface area contributed by atoms with E-state index in [1.54, 1.807) is 13.0 Å². The average molecular weight is 407 g/mol. The van der Waals surface area contributed by atoms with Crippen molar-refractivity contribution in [3.8, 4) is 0 Å². The molecule has 0 bridgehead atoms. The molecule has 0 aliphatic heterocycles. The molecule has 2 N–H and O–H groups in total. The monoisotopic (exact) mass is 406 g/mol. The first-order valence-electron chi connectivity index (χ1n) is 7.14. The number of benzene rings is 1. The van der Waals surface area contributed by atoms with E-state index in [1.807, 2.05) is 6.92 Å². The smallest absolute Gasteiger partial charge is 0.352 e. The van der Waals surface area contributed by atoms with Crippen LogP contribution in [0.1, 0.15) is 26.0 Å². The second kappa shape index (κ2) is 7.33. The molecule has 0 fully saturated rings. The second-order valence-corrected chi connectivity index (χ2v) is 6.08. The number of aromatic nitrogens is 2. The van der Waals surface area contributed by atoms with E-state index in [0.29, 0.717) is 10.9 Å². The van der Waals surface area contributed by atoms with E-state index < -0.39 is 17.7 Å². The zero-order chi connectivity index (χ0) is 17.9. The van der Waals surface area contributed by atoms with Crippen molar-refractivity contribution in [3.63, 3.8) is 0 Å². The Morgan fingerprint density at radius 3 is 2.50 bits per heavy atom. The van der Waals surface area contributed by atoms with Crippen molar-refractivity contribution in [2.45, 2.75) is 32.5 Å². The Balaban J connectivity index is 2.38. The number of halogens is 5. The first kappa shape index (κ1) is 18.4. The number of nitrogens with one attached hydrogen (secondary N) is 2. The molecule has 2 aromatic rings. The van der Waals surface area contributed by atoms with Crippen LogP contribution in [0.2, 0.25) is 0 Å². The van der Waals surface area contributed by atoms with Crippen molar-refractivity contribution < 1.29 is 17.6 Å². The molecule has 1 aromatic carbocycles. The van der Waals surface area contributed by atoms with Gasteiger partial charge in [-0.05, 0) is 31.5 Å². The van der Waals surface area contributed by atoms with Crippen molar-refractivity contribution in [1.82, 2.24) is 9.97 Å². The molecule has 0 saturated carbocycles. The summed E-state index contributed by atoms with van der Waals surface area (Å²) < 4.78 is 53.4. The van der Waals surface area contributed by atoms with E-state index in [9.17, 15) is 17.6 Å². The van der Waals surface area contributed by atoms with E-state index in [4.69, 9.17) is 0 Å². The van der Waals surface area contributed by atoms with Gasteiger partial charge in [0.15, 0.2) is 5.69 Å². The highest BCUT2D eigenvalue weighted by Gasteiger charge is 2.34. The molecule has 1 atom stereocenters. The minimum atomic E-state index is -4.64. The van der Waals surface area contributed by atoms with E-state index in [-0.39, 0.29) is 23.5 Å². The van der Waals surface area contributed by atoms with E-state index in [0.717, 1.165) is 6.07 Å². The molecule has 0 spiro atoms. The molecule has 0 unspecified atom stereocenters. The van der Waals surface area contributed by atoms with E-state index in [2.05, 4.69) is 36.5 Å². The van der Waals surface area contributed by atoms with Gasteiger partial charge in [0.2, 0.25) is 5.95 Å². The maximum atomic E-state index is 13.9. The standard InChI is InChI=1S/C15H15BrF4N4/c1-3-8(2)21-14-23-12(15(18,19)20)7-13(24-14)22-11-5-4-9(16)6-10(11)17/h4-8H,3H2,1-2H3,(H2,21,22,23,24)/t8-/m0/s1. The number of anilines is 3. The molecule has 4 nitrogen and oxygen atoms in total. The summed E-state index contributed by atoms with van der Waals surface area (Å²) >= 11 is 3.11. The van der Waals surface area contributed by atoms with Crippen LogP contribution in [0.3, 0.4) is 0 Å². The van der Waals surface area contributed by atoms with Gasteiger partial charge < -0.3 is 10.6 Å². The number of rotatable bonds is 5. The lowest BCUT2D eigenvalue weighted by Gasteiger charge is -2.15. The van der Waals surface area contributed by atoms with Crippen LogP contribution < -0.4 is 10.6 Å². The van der Waals surface area contributed by atoms with Gasteiger partial charge in [-0.15, -0.1) is 0 Å². The third-order valence-corrected chi connectivity index (χ3v) is 3.69. The molecule has 2 rings (SSSR count). The van der Waals surface area contributed by atoms with Crippen LogP contribution >= 0.6 is 15.9 Å². The largest absolute Gasteiger partial charge is 0.433 e. The fraction of sp³-hybridized carbons (Fsp3) is 0.333. The van der Waals surface area contributed by atoms with Crippen LogP contribution in [0, 0.1) is 5.82 Å². The van der Waals surface area contributed by atoms with Crippen molar-refractivity contribution in [2.75, 3.05) is 10.6 Å². The first-order chi connectivity index (χ1) is 11.2. The third-order valence-electron chi connectivity index (χ3n) is 3.20. The lowest BCUT2D eigenvalue weighted by atomic mass is 10.2. The predicted molar refractivity (Wildman–Crippen MR) is 87.8 cm³/mol. The molecular weight excluding hydrogens is 392 g/mol. The molecule has 24 heavy (non-hydrogen) atoms. The molecule has 0 saturated heterocycles. The van der Waals surface area contributed by atoms with Gasteiger partial charge in [-0.25, -0.2) is 9.37 Å². The summed E-state index contributed by atoms with van der Waals surface area (Å²) in [5.74, 6) is -0.934.